The number of rotatable bonds is 3. The van der Waals surface area contributed by atoms with E-state index < -0.39 is 18.2 Å². The molecule has 0 aliphatic carbocycles. The van der Waals surface area contributed by atoms with Crippen molar-refractivity contribution in [2.24, 2.45) is 0 Å². The molecule has 1 heterocycles. The molecule has 1 aromatic rings. The molecule has 0 amide bonds. The summed E-state index contributed by atoms with van der Waals surface area (Å²) in [7, 11) is 1.52. The number of hydrogen-bond donors (Lipinski definition) is 2. The summed E-state index contributed by atoms with van der Waals surface area (Å²) in [6.45, 7) is 1.56. The number of carbonyl (C=O) groups is 1. The number of benzene rings is 1. The van der Waals surface area contributed by atoms with Crippen molar-refractivity contribution in [3.05, 3.63) is 35.0 Å². The molecule has 7 heteroatoms. The van der Waals surface area contributed by atoms with Gasteiger partial charge in [0.15, 0.2) is 0 Å². The summed E-state index contributed by atoms with van der Waals surface area (Å²) in [6, 6.07) is 5.92. The van der Waals surface area contributed by atoms with Crippen LogP contribution in [0.5, 0.6) is 5.75 Å². The van der Waals surface area contributed by atoms with Crippen LogP contribution in [0.4, 0.5) is 0 Å². The molecule has 1 aliphatic heterocycles. The molecule has 102 valence electrons. The Morgan fingerprint density at radius 3 is 2.42 bits per heavy atom. The van der Waals surface area contributed by atoms with Crippen LogP contribution in [0.2, 0.25) is 0 Å². The van der Waals surface area contributed by atoms with Crippen molar-refractivity contribution in [2.45, 2.75) is 19.1 Å². The number of carboxylic acids is 1. The van der Waals surface area contributed by atoms with Gasteiger partial charge in [-0.25, -0.2) is 4.79 Å². The SMILES string of the molecule is COc1ccc(C2=[N+]([O-])C(C(=O)O)N(O)C2C)cc1. The number of carboxylic acid groups (broad SMARTS) is 1. The molecule has 1 aromatic carbocycles. The molecule has 0 saturated carbocycles. The van der Waals surface area contributed by atoms with Crippen molar-refractivity contribution in [1.29, 1.82) is 0 Å². The van der Waals surface area contributed by atoms with Crippen molar-refractivity contribution < 1.29 is 24.6 Å². The summed E-state index contributed by atoms with van der Waals surface area (Å²) >= 11 is 0. The number of ether oxygens (including phenoxy) is 1. The van der Waals surface area contributed by atoms with Crippen LogP contribution in [0.3, 0.4) is 0 Å². The zero-order valence-corrected chi connectivity index (χ0v) is 10.5. The lowest BCUT2D eigenvalue weighted by Gasteiger charge is -2.13. The van der Waals surface area contributed by atoms with Crippen molar-refractivity contribution in [3.63, 3.8) is 0 Å². The van der Waals surface area contributed by atoms with E-state index in [1.807, 2.05) is 0 Å². The van der Waals surface area contributed by atoms with Gasteiger partial charge in [-0.1, -0.05) is 0 Å². The molecule has 0 saturated heterocycles. The zero-order chi connectivity index (χ0) is 14.2. The van der Waals surface area contributed by atoms with Gasteiger partial charge in [-0.2, -0.15) is 4.74 Å². The van der Waals surface area contributed by atoms with Crippen LogP contribution in [0.25, 0.3) is 0 Å². The second-order valence-corrected chi connectivity index (χ2v) is 4.21. The van der Waals surface area contributed by atoms with Crippen molar-refractivity contribution in [2.75, 3.05) is 7.11 Å². The molecule has 2 N–H and O–H groups in total. The first-order valence-electron chi connectivity index (χ1n) is 5.65. The van der Waals surface area contributed by atoms with E-state index >= 15 is 0 Å². The van der Waals surface area contributed by atoms with Crippen LogP contribution in [0, 0.1) is 5.21 Å². The third-order valence-corrected chi connectivity index (χ3v) is 3.11. The molecular weight excluding hydrogens is 252 g/mol. The second kappa shape index (κ2) is 4.87. The fourth-order valence-electron chi connectivity index (χ4n) is 2.10. The molecule has 0 radical (unpaired) electrons. The predicted molar refractivity (Wildman–Crippen MR) is 65.2 cm³/mol. The summed E-state index contributed by atoms with van der Waals surface area (Å²) in [6.07, 6.45) is -1.62. The van der Waals surface area contributed by atoms with Gasteiger partial charge in [-0.3, -0.25) is 0 Å². The second-order valence-electron chi connectivity index (χ2n) is 4.21. The highest BCUT2D eigenvalue weighted by Crippen LogP contribution is 2.21. The quantitative estimate of drug-likeness (QED) is 0.611. The van der Waals surface area contributed by atoms with Crippen LogP contribution in [0.1, 0.15) is 12.5 Å². The molecule has 0 bridgehead atoms. The summed E-state index contributed by atoms with van der Waals surface area (Å²) in [5.74, 6) is -0.768. The van der Waals surface area contributed by atoms with Crippen LogP contribution < -0.4 is 4.74 Å². The minimum absolute atomic E-state index is 0.206. The van der Waals surface area contributed by atoms with Crippen LogP contribution >= 0.6 is 0 Å². The smallest absolute Gasteiger partial charge is 0.393 e. The Bertz CT molecular complexity index is 525. The van der Waals surface area contributed by atoms with Crippen LogP contribution in [-0.2, 0) is 4.79 Å². The van der Waals surface area contributed by atoms with Gasteiger partial charge in [0.05, 0.1) is 7.11 Å². The largest absolute Gasteiger partial charge is 0.622 e. The van der Waals surface area contributed by atoms with E-state index in [0.717, 1.165) is 0 Å². The van der Waals surface area contributed by atoms with E-state index in [4.69, 9.17) is 9.84 Å². The predicted octanol–water partition coefficient (Wildman–Crippen LogP) is 0.499. The van der Waals surface area contributed by atoms with Gasteiger partial charge in [0.25, 0.3) is 0 Å². The first-order valence-corrected chi connectivity index (χ1v) is 5.65. The monoisotopic (exact) mass is 266 g/mol. The van der Waals surface area contributed by atoms with Gasteiger partial charge in [-0.15, -0.1) is 5.06 Å². The highest BCUT2D eigenvalue weighted by Gasteiger charge is 2.47. The van der Waals surface area contributed by atoms with E-state index in [-0.39, 0.29) is 5.71 Å². The van der Waals surface area contributed by atoms with E-state index in [2.05, 4.69) is 0 Å². The fourth-order valence-corrected chi connectivity index (χ4v) is 2.10. The number of aliphatic carboxylic acids is 1. The summed E-state index contributed by atoms with van der Waals surface area (Å²) in [5, 5.41) is 31.2. The number of hydrogen-bond acceptors (Lipinski definition) is 5. The molecule has 2 unspecified atom stereocenters. The zero-order valence-electron chi connectivity index (χ0n) is 10.5. The van der Waals surface area contributed by atoms with Gasteiger partial charge < -0.3 is 20.3 Å². The van der Waals surface area contributed by atoms with Crippen LogP contribution in [0.15, 0.2) is 24.3 Å². The molecule has 0 fully saturated rings. The van der Waals surface area contributed by atoms with Gasteiger partial charge in [0.1, 0.15) is 11.8 Å². The number of hydroxylamine groups is 3. The molecule has 7 nitrogen and oxygen atoms in total. The van der Waals surface area contributed by atoms with E-state index in [0.29, 0.717) is 21.1 Å². The average Bonchev–Trinajstić information content (AvgIpc) is 2.60. The lowest BCUT2D eigenvalue weighted by Crippen LogP contribution is -2.42. The van der Waals surface area contributed by atoms with E-state index in [1.165, 1.54) is 7.11 Å². The molecule has 1 aliphatic rings. The Morgan fingerprint density at radius 2 is 2.00 bits per heavy atom. The van der Waals surface area contributed by atoms with Crippen molar-refractivity contribution in [1.82, 2.24) is 5.06 Å². The van der Waals surface area contributed by atoms with Gasteiger partial charge in [0, 0.05) is 5.56 Å². The maximum atomic E-state index is 12.0. The van der Waals surface area contributed by atoms with Crippen molar-refractivity contribution in [3.8, 4) is 5.75 Å². The summed E-state index contributed by atoms with van der Waals surface area (Å²) in [5.41, 5.74) is 0.753. The molecule has 0 spiro atoms. The first kappa shape index (κ1) is 13.3. The molecule has 2 rings (SSSR count). The first-order chi connectivity index (χ1) is 8.97. The lowest BCUT2D eigenvalue weighted by atomic mass is 10.1. The minimum Gasteiger partial charge on any atom is -0.622 e. The van der Waals surface area contributed by atoms with E-state index in [9.17, 15) is 15.2 Å². The Morgan fingerprint density at radius 1 is 1.42 bits per heavy atom. The van der Waals surface area contributed by atoms with Crippen molar-refractivity contribution >= 4 is 11.7 Å². The minimum atomic E-state index is -1.62. The maximum absolute atomic E-state index is 12.0. The molecular formula is C12H14N2O5. The summed E-state index contributed by atoms with van der Waals surface area (Å²) < 4.78 is 5.33. The fraction of sp³-hybridized carbons (Fsp3) is 0.333. The number of nitrogens with zero attached hydrogens (tertiary/aromatic N) is 2. The third-order valence-electron chi connectivity index (χ3n) is 3.11. The Kier molecular flexibility index (Phi) is 3.41. The number of methoxy groups -OCH3 is 1. The Hall–Kier alpha value is -2.12. The van der Waals surface area contributed by atoms with Crippen LogP contribution in [-0.4, -0.2) is 51.1 Å². The van der Waals surface area contributed by atoms with Gasteiger partial charge in [0.2, 0.25) is 5.71 Å². The summed E-state index contributed by atoms with van der Waals surface area (Å²) in [4.78, 5) is 11.0. The highest BCUT2D eigenvalue weighted by atomic mass is 16.6. The molecule has 0 aromatic heterocycles. The van der Waals surface area contributed by atoms with Gasteiger partial charge >= 0.3 is 12.1 Å². The molecule has 2 atom stereocenters. The Labute approximate surface area is 109 Å². The normalized spacial score (nSPS) is 23.7. The molecule has 19 heavy (non-hydrogen) atoms. The third kappa shape index (κ3) is 2.13. The average molecular weight is 266 g/mol. The van der Waals surface area contributed by atoms with E-state index in [1.54, 1.807) is 31.2 Å². The topological polar surface area (TPSA) is 96.1 Å². The lowest BCUT2D eigenvalue weighted by molar-refractivity contribution is -0.521. The maximum Gasteiger partial charge on any atom is 0.393 e. The highest BCUT2D eigenvalue weighted by molar-refractivity contribution is 6.02. The van der Waals surface area contributed by atoms with Gasteiger partial charge in [-0.05, 0) is 31.2 Å². The Balaban J connectivity index is 2.44. The standard InChI is InChI=1S/C12H14N2O5/c1-7-10(8-3-5-9(19-2)6-4-8)14(18)11(12(15)16)13(7)17/h3-7,11,17H,1-2H3,(H,15,16).